The smallest absolute Gasteiger partial charge is 0.236 e. The first-order valence-electron chi connectivity index (χ1n) is 5.79. The SMILES string of the molecule is CNCC(=O)N(C)CCc1ccc(OC)c(Br)c1. The molecule has 0 spiro atoms. The van der Waals surface area contributed by atoms with Gasteiger partial charge in [-0.1, -0.05) is 6.07 Å². The van der Waals surface area contributed by atoms with Crippen LogP contribution in [0.15, 0.2) is 22.7 Å². The molecule has 1 aromatic carbocycles. The van der Waals surface area contributed by atoms with Crippen LogP contribution in [-0.2, 0) is 11.2 Å². The molecule has 5 heteroatoms. The van der Waals surface area contributed by atoms with E-state index < -0.39 is 0 Å². The lowest BCUT2D eigenvalue weighted by Gasteiger charge is -2.17. The highest BCUT2D eigenvalue weighted by atomic mass is 79.9. The molecule has 0 saturated heterocycles. The van der Waals surface area contributed by atoms with Gasteiger partial charge in [-0.05, 0) is 47.1 Å². The number of nitrogens with one attached hydrogen (secondary N) is 1. The normalized spacial score (nSPS) is 10.2. The Bertz CT molecular complexity index is 410. The largest absolute Gasteiger partial charge is 0.496 e. The third-order valence-electron chi connectivity index (χ3n) is 2.71. The summed E-state index contributed by atoms with van der Waals surface area (Å²) >= 11 is 3.45. The second kappa shape index (κ2) is 7.38. The monoisotopic (exact) mass is 314 g/mol. The van der Waals surface area contributed by atoms with Gasteiger partial charge in [0.15, 0.2) is 0 Å². The minimum atomic E-state index is 0.102. The lowest BCUT2D eigenvalue weighted by molar-refractivity contribution is -0.128. The molecule has 1 amide bonds. The molecule has 0 atom stereocenters. The summed E-state index contributed by atoms with van der Waals surface area (Å²) in [6.45, 7) is 1.09. The van der Waals surface area contributed by atoms with Gasteiger partial charge in [-0.3, -0.25) is 4.79 Å². The van der Waals surface area contributed by atoms with Crippen LogP contribution < -0.4 is 10.1 Å². The van der Waals surface area contributed by atoms with Gasteiger partial charge in [-0.15, -0.1) is 0 Å². The lowest BCUT2D eigenvalue weighted by atomic mass is 10.1. The van der Waals surface area contributed by atoms with Gasteiger partial charge in [0.05, 0.1) is 18.1 Å². The van der Waals surface area contributed by atoms with E-state index in [9.17, 15) is 4.79 Å². The van der Waals surface area contributed by atoms with Gasteiger partial charge >= 0.3 is 0 Å². The number of rotatable bonds is 6. The minimum Gasteiger partial charge on any atom is -0.496 e. The molecule has 0 heterocycles. The van der Waals surface area contributed by atoms with E-state index >= 15 is 0 Å². The van der Waals surface area contributed by atoms with Crippen LogP contribution in [0.25, 0.3) is 0 Å². The molecule has 0 saturated carbocycles. The van der Waals surface area contributed by atoms with Crippen molar-refractivity contribution in [2.75, 3.05) is 34.3 Å². The van der Waals surface area contributed by atoms with Gasteiger partial charge in [0.1, 0.15) is 5.75 Å². The van der Waals surface area contributed by atoms with Gasteiger partial charge in [-0.25, -0.2) is 0 Å². The van der Waals surface area contributed by atoms with Crippen LogP contribution >= 0.6 is 15.9 Å². The van der Waals surface area contributed by atoms with Gasteiger partial charge in [0.25, 0.3) is 0 Å². The quantitative estimate of drug-likeness (QED) is 0.868. The molecule has 0 bridgehead atoms. The maximum absolute atomic E-state index is 11.6. The van der Waals surface area contributed by atoms with Gasteiger partial charge < -0.3 is 15.0 Å². The Morgan fingerprint density at radius 1 is 1.50 bits per heavy atom. The highest BCUT2D eigenvalue weighted by molar-refractivity contribution is 9.10. The lowest BCUT2D eigenvalue weighted by Crippen LogP contribution is -2.35. The van der Waals surface area contributed by atoms with Crippen LogP contribution in [0, 0.1) is 0 Å². The Kier molecular flexibility index (Phi) is 6.15. The molecule has 100 valence electrons. The van der Waals surface area contributed by atoms with Crippen molar-refractivity contribution in [3.63, 3.8) is 0 Å². The Morgan fingerprint density at radius 3 is 2.78 bits per heavy atom. The van der Waals surface area contributed by atoms with Crippen LogP contribution in [0.5, 0.6) is 5.75 Å². The maximum atomic E-state index is 11.6. The van der Waals surface area contributed by atoms with Crippen LogP contribution in [-0.4, -0.2) is 45.1 Å². The average Bonchev–Trinajstić information content (AvgIpc) is 2.36. The zero-order valence-corrected chi connectivity index (χ0v) is 12.6. The fraction of sp³-hybridized carbons (Fsp3) is 0.462. The summed E-state index contributed by atoms with van der Waals surface area (Å²) in [5.74, 6) is 0.920. The summed E-state index contributed by atoms with van der Waals surface area (Å²) in [6.07, 6.45) is 0.828. The number of ether oxygens (including phenoxy) is 1. The summed E-state index contributed by atoms with van der Waals surface area (Å²) in [5.41, 5.74) is 1.17. The first kappa shape index (κ1) is 15.0. The molecule has 0 radical (unpaired) electrons. The molecular formula is C13H19BrN2O2. The molecule has 0 aliphatic carbocycles. The van der Waals surface area contributed by atoms with Crippen LogP contribution in [0.3, 0.4) is 0 Å². The van der Waals surface area contributed by atoms with Crippen molar-refractivity contribution in [1.29, 1.82) is 0 Å². The molecule has 0 fully saturated rings. The predicted octanol–water partition coefficient (Wildman–Crippen LogP) is 1.68. The van der Waals surface area contributed by atoms with E-state index in [0.29, 0.717) is 13.1 Å². The number of benzene rings is 1. The van der Waals surface area contributed by atoms with Crippen molar-refractivity contribution < 1.29 is 9.53 Å². The van der Waals surface area contributed by atoms with Crippen molar-refractivity contribution in [2.24, 2.45) is 0 Å². The van der Waals surface area contributed by atoms with E-state index in [1.54, 1.807) is 19.1 Å². The molecule has 1 rings (SSSR count). The van der Waals surface area contributed by atoms with Crippen LogP contribution in [0.1, 0.15) is 5.56 Å². The maximum Gasteiger partial charge on any atom is 0.236 e. The molecule has 0 aliphatic rings. The van der Waals surface area contributed by atoms with Crippen molar-refractivity contribution >= 4 is 21.8 Å². The fourth-order valence-electron chi connectivity index (χ4n) is 1.57. The van der Waals surface area contributed by atoms with Gasteiger partial charge in [0.2, 0.25) is 5.91 Å². The summed E-state index contributed by atoms with van der Waals surface area (Å²) in [7, 11) is 5.23. The Balaban J connectivity index is 2.53. The number of likely N-dealkylation sites (N-methyl/N-ethyl adjacent to an activating group) is 2. The Hall–Kier alpha value is -1.07. The number of hydrogen-bond acceptors (Lipinski definition) is 3. The van der Waals surface area contributed by atoms with Gasteiger partial charge in [0, 0.05) is 13.6 Å². The zero-order valence-electron chi connectivity index (χ0n) is 11.0. The zero-order chi connectivity index (χ0) is 13.5. The number of carbonyl (C=O) groups excluding carboxylic acids is 1. The molecular weight excluding hydrogens is 296 g/mol. The number of nitrogens with zero attached hydrogens (tertiary/aromatic N) is 1. The third-order valence-corrected chi connectivity index (χ3v) is 3.33. The van der Waals surface area contributed by atoms with E-state index in [-0.39, 0.29) is 5.91 Å². The van der Waals surface area contributed by atoms with Gasteiger partial charge in [-0.2, -0.15) is 0 Å². The number of hydrogen-bond donors (Lipinski definition) is 1. The molecule has 1 N–H and O–H groups in total. The Labute approximate surface area is 116 Å². The number of methoxy groups -OCH3 is 1. The van der Waals surface area contributed by atoms with Crippen molar-refractivity contribution in [3.8, 4) is 5.75 Å². The third kappa shape index (κ3) is 4.31. The molecule has 4 nitrogen and oxygen atoms in total. The summed E-state index contributed by atoms with van der Waals surface area (Å²) in [6, 6.07) is 5.96. The minimum absolute atomic E-state index is 0.102. The van der Waals surface area contributed by atoms with Crippen molar-refractivity contribution in [1.82, 2.24) is 10.2 Å². The summed E-state index contributed by atoms with van der Waals surface area (Å²) in [4.78, 5) is 13.3. The molecule has 1 aromatic rings. The molecule has 0 aromatic heterocycles. The number of halogens is 1. The van der Waals surface area contributed by atoms with Crippen LogP contribution in [0.4, 0.5) is 0 Å². The standard InChI is InChI=1S/C13H19BrN2O2/c1-15-9-13(17)16(2)7-6-10-4-5-12(18-3)11(14)8-10/h4-5,8,15H,6-7,9H2,1-3H3. The highest BCUT2D eigenvalue weighted by Crippen LogP contribution is 2.25. The summed E-state index contributed by atoms with van der Waals surface area (Å²) in [5, 5.41) is 2.86. The second-order valence-corrected chi connectivity index (χ2v) is 4.92. The second-order valence-electron chi connectivity index (χ2n) is 4.06. The van der Waals surface area contributed by atoms with E-state index in [2.05, 4.69) is 21.2 Å². The molecule has 18 heavy (non-hydrogen) atoms. The first-order chi connectivity index (χ1) is 8.58. The first-order valence-corrected chi connectivity index (χ1v) is 6.58. The Morgan fingerprint density at radius 2 is 2.22 bits per heavy atom. The van der Waals surface area contributed by atoms with Crippen molar-refractivity contribution in [2.45, 2.75) is 6.42 Å². The van der Waals surface area contributed by atoms with E-state index in [1.165, 1.54) is 5.56 Å². The van der Waals surface area contributed by atoms with Crippen LogP contribution in [0.2, 0.25) is 0 Å². The highest BCUT2D eigenvalue weighted by Gasteiger charge is 2.08. The number of amides is 1. The predicted molar refractivity (Wildman–Crippen MR) is 76.0 cm³/mol. The molecule has 0 aliphatic heterocycles. The molecule has 0 unspecified atom stereocenters. The van der Waals surface area contributed by atoms with E-state index in [4.69, 9.17) is 4.74 Å². The van der Waals surface area contributed by atoms with E-state index in [0.717, 1.165) is 16.6 Å². The average molecular weight is 315 g/mol. The van der Waals surface area contributed by atoms with Crippen molar-refractivity contribution in [3.05, 3.63) is 28.2 Å². The topological polar surface area (TPSA) is 41.6 Å². The summed E-state index contributed by atoms with van der Waals surface area (Å²) < 4.78 is 6.11. The fourth-order valence-corrected chi connectivity index (χ4v) is 2.16. The number of carbonyl (C=O) groups is 1. The van der Waals surface area contributed by atoms with E-state index in [1.807, 2.05) is 25.2 Å².